The standard InChI is InChI=1S/C80H118F4N10O16/c1-17-48(8)72(92(14)78(103)70(46(4)5)90-77(102)71(47(6)7)91(12)13)61(106-15)41-63(98)94-33-22-26-58(94)73(107-16)50(10)59(95)40-56(38-52-23-19-18-20-24-52)75(100)87-42-53-27-29-57(30-28-53)88-76(101)54(25-21-32-86-80(85)105)39-60(96)69(45(2)3)89-62(97)43-108-35-36-109-44-64(99)93-34-31-55(37-49(93)9)79(104)110-74-66(82)51(11)65(81)67(83)68(74)84/h18-20,23-24,27-30,45-50,54-56,58,61,69-73H,17,21-22,25-26,31-44H2,1-16H3,(H,87,100)(H,88,101)(H,89,97)(H,90,102)(H3,85,86,105)/t48-,49?,50-,54+,55?,56+,58-,61+,69-,70-,71-,72-,73+/m0/s1. The van der Waals surface area contributed by atoms with Gasteiger partial charge in [0.2, 0.25) is 52.9 Å². The zero-order chi connectivity index (χ0) is 82.0. The molecule has 5 rings (SSSR count). The first-order chi connectivity index (χ1) is 52.0. The number of nitrogens with one attached hydrogen (secondary N) is 5. The Kier molecular flexibility index (Phi) is 37.3. The van der Waals surface area contributed by atoms with Gasteiger partial charge in [0.15, 0.2) is 23.2 Å². The molecule has 2 aliphatic rings. The minimum absolute atomic E-state index is 0.0157. The molecule has 0 bridgehead atoms. The van der Waals surface area contributed by atoms with Crippen LogP contribution in [0.1, 0.15) is 150 Å². The van der Waals surface area contributed by atoms with Gasteiger partial charge in [-0.25, -0.2) is 18.0 Å². The minimum atomic E-state index is -1.98. The molecule has 0 spiro atoms. The second kappa shape index (κ2) is 44.6. The molecule has 0 aliphatic carbocycles. The predicted octanol–water partition coefficient (Wildman–Crippen LogP) is 8.00. The van der Waals surface area contributed by atoms with Gasteiger partial charge < -0.3 is 70.7 Å². The van der Waals surface area contributed by atoms with Crippen molar-refractivity contribution < 1.29 is 94.0 Å². The summed E-state index contributed by atoms with van der Waals surface area (Å²) in [6.07, 6.45) is 0.626. The number of amides is 9. The van der Waals surface area contributed by atoms with Gasteiger partial charge in [-0.15, -0.1) is 0 Å². The van der Waals surface area contributed by atoms with Crippen LogP contribution in [0.15, 0.2) is 54.6 Å². The maximum absolute atomic E-state index is 14.7. The zero-order valence-electron chi connectivity index (χ0n) is 66.8. The van der Waals surface area contributed by atoms with Crippen LogP contribution < -0.4 is 37.1 Å². The third kappa shape index (κ3) is 26.4. The monoisotopic (exact) mass is 1550 g/mol. The van der Waals surface area contributed by atoms with Crippen LogP contribution in [-0.4, -0.2) is 214 Å². The molecule has 612 valence electrons. The van der Waals surface area contributed by atoms with Crippen molar-refractivity contribution in [3.05, 3.63) is 94.6 Å². The van der Waals surface area contributed by atoms with Crippen LogP contribution in [0.4, 0.5) is 28.0 Å². The van der Waals surface area contributed by atoms with Crippen LogP contribution >= 0.6 is 0 Å². The highest BCUT2D eigenvalue weighted by atomic mass is 19.2. The van der Waals surface area contributed by atoms with E-state index in [1.165, 1.54) is 19.1 Å². The van der Waals surface area contributed by atoms with E-state index in [1.807, 2.05) is 90.9 Å². The number of hydrogen-bond donors (Lipinski definition) is 6. The lowest BCUT2D eigenvalue weighted by atomic mass is 9.85. The Morgan fingerprint density at radius 2 is 1.29 bits per heavy atom. The SMILES string of the molecule is CC[C@H](C)[C@@H]([C@@H](CC(=O)N1CCC[C@H]1[C@H](OC)[C@@H](C)C(=O)C[C@@H](Cc1ccccc1)C(=O)NCc1ccc(NC(=O)[C@H](CCCNC(N)=O)CC(=O)[C@@H](NC(=O)COCCOCC(=O)N2CCC(C(=O)Oc3c(F)c(C)c(F)c(F)c3F)CC2C)C(C)C)cc1)OC)N(C)C(=O)[C@@H](NC(=O)[C@H](C(C)C)N(C)C)C(C)C. The number of halogens is 4. The lowest BCUT2D eigenvalue weighted by Crippen LogP contribution is -2.59. The first-order valence-corrected chi connectivity index (χ1v) is 38.1. The largest absolute Gasteiger partial charge is 0.420 e. The Labute approximate surface area is 644 Å². The number of piperidine rings is 1. The number of benzene rings is 3. The van der Waals surface area contributed by atoms with E-state index in [4.69, 9.17) is 29.4 Å². The molecule has 3 aromatic rings. The molecule has 2 fully saturated rings. The quantitative estimate of drug-likeness (QED) is 0.00779. The molecular weight excluding hydrogens is 1430 g/mol. The highest BCUT2D eigenvalue weighted by molar-refractivity contribution is 5.98. The number of methoxy groups -OCH3 is 2. The molecule has 0 radical (unpaired) electrons. The van der Waals surface area contributed by atoms with E-state index in [0.29, 0.717) is 37.1 Å². The molecule has 3 aromatic carbocycles. The average molecular weight is 1550 g/mol. The normalized spacial score (nSPS) is 17.9. The van der Waals surface area contributed by atoms with Crippen molar-refractivity contribution in [2.75, 3.05) is 86.7 Å². The maximum atomic E-state index is 14.7. The number of primary amides is 1. The van der Waals surface area contributed by atoms with E-state index in [0.717, 1.165) is 12.5 Å². The van der Waals surface area contributed by atoms with E-state index >= 15 is 0 Å². The fourth-order valence-electron chi connectivity index (χ4n) is 14.7. The van der Waals surface area contributed by atoms with E-state index in [2.05, 4.69) is 26.6 Å². The fraction of sp³-hybridized carbons (Fsp3) is 0.637. The number of nitrogens with zero attached hydrogens (tertiary/aromatic N) is 4. The number of carbonyl (C=O) groups excluding carboxylic acids is 11. The summed E-state index contributed by atoms with van der Waals surface area (Å²) in [4.78, 5) is 157. The number of likely N-dealkylation sites (N-methyl/N-ethyl adjacent to an activating group) is 2. The van der Waals surface area contributed by atoms with E-state index < -0.39 is 161 Å². The van der Waals surface area contributed by atoms with Crippen LogP contribution in [0.5, 0.6) is 5.75 Å². The first kappa shape index (κ1) is 92.2. The number of likely N-dealkylation sites (tertiary alicyclic amines) is 2. The lowest BCUT2D eigenvalue weighted by Gasteiger charge is -2.41. The second-order valence-corrected chi connectivity index (χ2v) is 30.4. The summed E-state index contributed by atoms with van der Waals surface area (Å²) in [7, 11) is 8.39. The van der Waals surface area contributed by atoms with E-state index in [-0.39, 0.29) is 131 Å². The highest BCUT2D eigenvalue weighted by Gasteiger charge is 2.45. The number of anilines is 1. The number of nitrogens with two attached hydrogens (primary N) is 1. The van der Waals surface area contributed by atoms with Crippen molar-refractivity contribution in [3.8, 4) is 5.75 Å². The summed E-state index contributed by atoms with van der Waals surface area (Å²) in [5.74, 6) is -17.3. The number of Topliss-reactive ketones (excluding diaryl/α,β-unsaturated/α-hetero) is 2. The zero-order valence-corrected chi connectivity index (χ0v) is 66.8. The maximum Gasteiger partial charge on any atom is 0.314 e. The van der Waals surface area contributed by atoms with Gasteiger partial charge in [-0.2, -0.15) is 4.39 Å². The van der Waals surface area contributed by atoms with Crippen LogP contribution in [0, 0.1) is 77.5 Å². The molecule has 0 aromatic heterocycles. The topological polar surface area (TPSA) is 333 Å². The van der Waals surface area contributed by atoms with Crippen LogP contribution in [0.25, 0.3) is 0 Å². The molecule has 110 heavy (non-hydrogen) atoms. The Hall–Kier alpha value is -8.45. The number of ketones is 2. The molecule has 7 N–H and O–H groups in total. The third-order valence-electron chi connectivity index (χ3n) is 21.1. The van der Waals surface area contributed by atoms with Crippen molar-refractivity contribution in [2.45, 2.75) is 202 Å². The van der Waals surface area contributed by atoms with Crippen LogP contribution in [0.3, 0.4) is 0 Å². The van der Waals surface area contributed by atoms with Gasteiger partial charge >= 0.3 is 12.0 Å². The Morgan fingerprint density at radius 3 is 1.87 bits per heavy atom. The lowest BCUT2D eigenvalue weighted by molar-refractivity contribution is -0.148. The predicted molar refractivity (Wildman–Crippen MR) is 404 cm³/mol. The third-order valence-corrected chi connectivity index (χ3v) is 21.1. The smallest absolute Gasteiger partial charge is 0.314 e. The van der Waals surface area contributed by atoms with Crippen molar-refractivity contribution in [1.82, 2.24) is 40.9 Å². The first-order valence-electron chi connectivity index (χ1n) is 38.1. The summed E-state index contributed by atoms with van der Waals surface area (Å²) in [5.41, 5.74) is 6.30. The number of ether oxygens (including phenoxy) is 5. The molecule has 0 saturated carbocycles. The molecule has 2 aliphatic heterocycles. The van der Waals surface area contributed by atoms with Gasteiger partial charge in [0.05, 0.1) is 61.9 Å². The van der Waals surface area contributed by atoms with Gasteiger partial charge in [-0.1, -0.05) is 111 Å². The number of esters is 1. The van der Waals surface area contributed by atoms with Crippen LogP contribution in [-0.2, 0) is 79.9 Å². The summed E-state index contributed by atoms with van der Waals surface area (Å²) in [6, 6.07) is 11.3. The molecule has 9 amide bonds. The molecule has 13 atom stereocenters. The number of carbonyl (C=O) groups is 11. The molecule has 2 saturated heterocycles. The molecular formula is C80H118F4N10O16. The van der Waals surface area contributed by atoms with E-state index in [9.17, 15) is 70.3 Å². The van der Waals surface area contributed by atoms with Gasteiger partial charge in [-0.05, 0) is 120 Å². The Balaban J connectivity index is 1.15. The van der Waals surface area contributed by atoms with Crippen molar-refractivity contribution in [1.29, 1.82) is 0 Å². The number of urea groups is 1. The Bertz CT molecular complexity index is 3560. The average Bonchev–Trinajstić information content (AvgIpc) is 0.925. The molecule has 26 nitrogen and oxygen atoms in total. The number of rotatable bonds is 44. The van der Waals surface area contributed by atoms with Crippen LogP contribution in [0.2, 0.25) is 0 Å². The summed E-state index contributed by atoms with van der Waals surface area (Å²) >= 11 is 0. The number of hydrogen-bond acceptors (Lipinski definition) is 17. The Morgan fingerprint density at radius 1 is 0.655 bits per heavy atom. The summed E-state index contributed by atoms with van der Waals surface area (Å²) in [6.45, 7) is 18.9. The van der Waals surface area contributed by atoms with Crippen molar-refractivity contribution in [2.24, 2.45) is 53.1 Å². The highest BCUT2D eigenvalue weighted by Crippen LogP contribution is 2.35. The van der Waals surface area contributed by atoms with Crippen molar-refractivity contribution >= 4 is 70.6 Å². The summed E-state index contributed by atoms with van der Waals surface area (Å²) in [5, 5.41) is 14.1. The molecule has 2 heterocycles. The molecule has 2 unspecified atom stereocenters. The van der Waals surface area contributed by atoms with E-state index in [1.54, 1.807) is 68.8 Å². The summed E-state index contributed by atoms with van der Waals surface area (Å²) < 4.78 is 84.7. The molecule has 30 heteroatoms. The van der Waals surface area contributed by atoms with Crippen molar-refractivity contribution in [3.63, 3.8) is 0 Å². The van der Waals surface area contributed by atoms with Gasteiger partial charge in [0, 0.05) is 95.3 Å². The van der Waals surface area contributed by atoms with Gasteiger partial charge in [-0.3, -0.25) is 52.8 Å². The fourth-order valence-corrected chi connectivity index (χ4v) is 14.7. The minimum Gasteiger partial charge on any atom is -0.420 e. The second-order valence-electron chi connectivity index (χ2n) is 30.4. The van der Waals surface area contributed by atoms with Gasteiger partial charge in [0.1, 0.15) is 25.0 Å². The van der Waals surface area contributed by atoms with Gasteiger partial charge in [0.25, 0.3) is 0 Å².